The van der Waals surface area contributed by atoms with Gasteiger partial charge in [0.2, 0.25) is 0 Å². The molecule has 0 heterocycles. The number of ketones is 1. The van der Waals surface area contributed by atoms with Crippen LogP contribution in [-0.2, 0) is 27.2 Å². The highest BCUT2D eigenvalue weighted by Gasteiger charge is 2.15. The number of carbonyl (C=O) groups is 3. The van der Waals surface area contributed by atoms with Crippen LogP contribution in [0, 0.1) is 5.82 Å². The Morgan fingerprint density at radius 1 is 1.00 bits per heavy atom. The Balaban J connectivity index is 1.44. The van der Waals surface area contributed by atoms with Crippen LogP contribution >= 0.6 is 11.6 Å². The average molecular weight is 418 g/mol. The number of fused-ring (bicyclic) bond motifs is 1. The zero-order valence-corrected chi connectivity index (χ0v) is 16.6. The topological polar surface area (TPSA) is 72.5 Å². The molecule has 0 atom stereocenters. The molecule has 0 fully saturated rings. The van der Waals surface area contributed by atoms with Crippen LogP contribution in [0.2, 0.25) is 5.02 Å². The van der Waals surface area contributed by atoms with Crippen molar-refractivity contribution in [2.75, 3.05) is 11.9 Å². The molecule has 0 aromatic heterocycles. The van der Waals surface area contributed by atoms with Gasteiger partial charge in [0.1, 0.15) is 5.82 Å². The molecule has 0 saturated carbocycles. The number of rotatable bonds is 7. The molecule has 0 spiro atoms. The number of halogens is 2. The maximum Gasteiger partial charge on any atom is 0.306 e. The molecule has 1 aliphatic carbocycles. The number of nitrogens with one attached hydrogen (secondary N) is 1. The lowest BCUT2D eigenvalue weighted by molar-refractivity contribution is -0.147. The van der Waals surface area contributed by atoms with Crippen molar-refractivity contribution in [3.8, 4) is 0 Å². The summed E-state index contributed by atoms with van der Waals surface area (Å²) in [5.41, 5.74) is 2.98. The number of hydrogen-bond acceptors (Lipinski definition) is 4. The lowest BCUT2D eigenvalue weighted by atomic mass is 9.89. The highest BCUT2D eigenvalue weighted by molar-refractivity contribution is 6.30. The summed E-state index contributed by atoms with van der Waals surface area (Å²) in [7, 11) is 0. The number of esters is 1. The van der Waals surface area contributed by atoms with E-state index in [1.54, 1.807) is 6.07 Å². The Kier molecular flexibility index (Phi) is 6.99. The summed E-state index contributed by atoms with van der Waals surface area (Å²) < 4.78 is 18.5. The van der Waals surface area contributed by atoms with Crippen molar-refractivity contribution in [2.45, 2.75) is 38.5 Å². The Hall–Kier alpha value is -2.73. The molecule has 0 aliphatic heterocycles. The largest absolute Gasteiger partial charge is 0.456 e. The first-order valence-electron chi connectivity index (χ1n) is 9.48. The van der Waals surface area contributed by atoms with Gasteiger partial charge in [-0.25, -0.2) is 4.39 Å². The van der Waals surface area contributed by atoms with Gasteiger partial charge < -0.3 is 10.1 Å². The van der Waals surface area contributed by atoms with Crippen LogP contribution in [0.4, 0.5) is 10.1 Å². The van der Waals surface area contributed by atoms with Crippen molar-refractivity contribution >= 4 is 34.9 Å². The molecule has 7 heteroatoms. The number of carbonyl (C=O) groups excluding carboxylic acids is 3. The number of ether oxygens (including phenoxy) is 1. The van der Waals surface area contributed by atoms with Gasteiger partial charge in [-0.15, -0.1) is 0 Å². The first kappa shape index (κ1) is 21.0. The molecule has 2 aromatic rings. The Morgan fingerprint density at radius 3 is 2.55 bits per heavy atom. The number of hydrogen-bond donors (Lipinski definition) is 1. The van der Waals surface area contributed by atoms with E-state index in [9.17, 15) is 18.8 Å². The molecule has 3 rings (SSSR count). The van der Waals surface area contributed by atoms with Gasteiger partial charge in [-0.1, -0.05) is 23.7 Å². The third-order valence-electron chi connectivity index (χ3n) is 4.79. The van der Waals surface area contributed by atoms with Crippen molar-refractivity contribution in [1.82, 2.24) is 0 Å². The molecule has 1 amide bonds. The minimum absolute atomic E-state index is 0.00214. The SMILES string of the molecule is O=C(COC(=O)CCC(=O)c1ccc2c(c1)CCCC2)Nc1cc(Cl)ccc1F. The van der Waals surface area contributed by atoms with Gasteiger partial charge in [0, 0.05) is 17.0 Å². The van der Waals surface area contributed by atoms with Crippen LogP contribution in [0.5, 0.6) is 0 Å². The summed E-state index contributed by atoms with van der Waals surface area (Å²) in [6.45, 7) is -0.572. The number of amides is 1. The van der Waals surface area contributed by atoms with Crippen LogP contribution in [0.15, 0.2) is 36.4 Å². The monoisotopic (exact) mass is 417 g/mol. The molecule has 2 aromatic carbocycles. The smallest absolute Gasteiger partial charge is 0.306 e. The quantitative estimate of drug-likeness (QED) is 0.531. The van der Waals surface area contributed by atoms with Gasteiger partial charge >= 0.3 is 5.97 Å². The van der Waals surface area contributed by atoms with Crippen molar-refractivity contribution in [1.29, 1.82) is 0 Å². The second-order valence-corrected chi connectivity index (χ2v) is 7.38. The summed E-state index contributed by atoms with van der Waals surface area (Å²) in [6.07, 6.45) is 4.18. The van der Waals surface area contributed by atoms with Crippen LogP contribution in [0.25, 0.3) is 0 Å². The minimum atomic E-state index is -0.694. The van der Waals surface area contributed by atoms with Crippen LogP contribution in [0.1, 0.15) is 47.2 Å². The Bertz CT molecular complexity index is 944. The second-order valence-electron chi connectivity index (χ2n) is 6.95. The lowest BCUT2D eigenvalue weighted by Crippen LogP contribution is -2.21. The zero-order chi connectivity index (χ0) is 20.8. The number of Topliss-reactive ketones (excluding diaryl/α,β-unsaturated/α-hetero) is 1. The molecule has 1 N–H and O–H groups in total. The first-order chi connectivity index (χ1) is 13.9. The van der Waals surface area contributed by atoms with Crippen LogP contribution in [-0.4, -0.2) is 24.3 Å². The van der Waals surface area contributed by atoms with E-state index in [1.807, 2.05) is 12.1 Å². The average Bonchev–Trinajstić information content (AvgIpc) is 2.72. The van der Waals surface area contributed by atoms with Gasteiger partial charge in [0.25, 0.3) is 5.91 Å². The van der Waals surface area contributed by atoms with Crippen molar-refractivity contribution in [2.24, 2.45) is 0 Å². The summed E-state index contributed by atoms with van der Waals surface area (Å²) >= 11 is 5.75. The molecule has 0 unspecified atom stereocenters. The number of aryl methyl sites for hydroxylation is 2. The van der Waals surface area contributed by atoms with Crippen molar-refractivity contribution in [3.05, 3.63) is 63.9 Å². The predicted molar refractivity (Wildman–Crippen MR) is 108 cm³/mol. The summed E-state index contributed by atoms with van der Waals surface area (Å²) in [4.78, 5) is 36.0. The summed E-state index contributed by atoms with van der Waals surface area (Å²) in [6, 6.07) is 9.43. The molecule has 29 heavy (non-hydrogen) atoms. The van der Waals surface area contributed by atoms with Crippen molar-refractivity contribution in [3.63, 3.8) is 0 Å². The fourth-order valence-corrected chi connectivity index (χ4v) is 3.44. The van der Waals surface area contributed by atoms with Crippen LogP contribution in [0.3, 0.4) is 0 Å². The third-order valence-corrected chi connectivity index (χ3v) is 5.03. The van der Waals surface area contributed by atoms with Gasteiger partial charge in [-0.05, 0) is 61.1 Å². The summed E-state index contributed by atoms with van der Waals surface area (Å²) in [5, 5.41) is 2.55. The standard InChI is InChI=1S/C22H21ClFNO4/c23-17-7-8-18(24)19(12-17)25-21(27)13-29-22(28)10-9-20(26)16-6-5-14-3-1-2-4-15(14)11-16/h5-8,11-12H,1-4,9-10,13H2,(H,25,27). The molecular formula is C22H21ClFNO4. The molecule has 0 bridgehead atoms. The molecule has 152 valence electrons. The van der Waals surface area contributed by atoms with E-state index in [1.165, 1.54) is 29.7 Å². The molecule has 5 nitrogen and oxygen atoms in total. The van der Waals surface area contributed by atoms with Gasteiger partial charge in [0.15, 0.2) is 12.4 Å². The van der Waals surface area contributed by atoms with E-state index in [0.29, 0.717) is 5.56 Å². The Labute approximate surface area is 173 Å². The lowest BCUT2D eigenvalue weighted by Gasteiger charge is -2.16. The van der Waals surface area contributed by atoms with E-state index in [2.05, 4.69) is 5.32 Å². The van der Waals surface area contributed by atoms with Gasteiger partial charge in [-0.2, -0.15) is 0 Å². The fraction of sp³-hybridized carbons (Fsp3) is 0.318. The summed E-state index contributed by atoms with van der Waals surface area (Å²) in [5.74, 6) is -2.15. The van der Waals surface area contributed by atoms with E-state index >= 15 is 0 Å². The fourth-order valence-electron chi connectivity index (χ4n) is 3.26. The molecule has 1 aliphatic rings. The van der Waals surface area contributed by atoms with E-state index in [4.69, 9.17) is 16.3 Å². The normalized spacial score (nSPS) is 12.8. The van der Waals surface area contributed by atoms with E-state index < -0.39 is 24.3 Å². The molecule has 0 radical (unpaired) electrons. The molecular weight excluding hydrogens is 397 g/mol. The number of anilines is 1. The second kappa shape index (κ2) is 9.65. The Morgan fingerprint density at radius 2 is 1.76 bits per heavy atom. The van der Waals surface area contributed by atoms with Gasteiger partial charge in [-0.3, -0.25) is 14.4 Å². The maximum absolute atomic E-state index is 13.6. The first-order valence-corrected chi connectivity index (χ1v) is 9.85. The maximum atomic E-state index is 13.6. The predicted octanol–water partition coefficient (Wildman–Crippen LogP) is 4.50. The minimum Gasteiger partial charge on any atom is -0.456 e. The van der Waals surface area contributed by atoms with Crippen LogP contribution < -0.4 is 5.32 Å². The van der Waals surface area contributed by atoms with E-state index in [-0.39, 0.29) is 29.3 Å². The third kappa shape index (κ3) is 5.87. The molecule has 0 saturated heterocycles. The highest BCUT2D eigenvalue weighted by Crippen LogP contribution is 2.23. The number of benzene rings is 2. The highest BCUT2D eigenvalue weighted by atomic mass is 35.5. The zero-order valence-electron chi connectivity index (χ0n) is 15.8. The van der Waals surface area contributed by atoms with E-state index in [0.717, 1.165) is 25.3 Å². The van der Waals surface area contributed by atoms with Gasteiger partial charge in [0.05, 0.1) is 12.1 Å². The van der Waals surface area contributed by atoms with Crippen molar-refractivity contribution < 1.29 is 23.5 Å².